The molecule has 6 heteroatoms. The number of hydrogen-bond acceptors (Lipinski definition) is 5. The first-order valence-corrected chi connectivity index (χ1v) is 7.47. The Morgan fingerprint density at radius 3 is 2.43 bits per heavy atom. The van der Waals surface area contributed by atoms with Crippen LogP contribution in [-0.4, -0.2) is 55.2 Å². The van der Waals surface area contributed by atoms with E-state index in [0.717, 1.165) is 13.1 Å². The van der Waals surface area contributed by atoms with E-state index in [1.54, 1.807) is 4.90 Å². The highest BCUT2D eigenvalue weighted by Gasteiger charge is 2.23. The quantitative estimate of drug-likeness (QED) is 0.746. The molecule has 0 radical (unpaired) electrons. The van der Waals surface area contributed by atoms with Crippen molar-refractivity contribution in [3.63, 3.8) is 0 Å². The lowest BCUT2D eigenvalue weighted by atomic mass is 10.0. The van der Waals surface area contributed by atoms with Crippen molar-refractivity contribution in [3.05, 3.63) is 0 Å². The molecule has 0 aliphatic carbocycles. The van der Waals surface area contributed by atoms with Crippen molar-refractivity contribution >= 4 is 6.09 Å². The summed E-state index contributed by atoms with van der Waals surface area (Å²) >= 11 is 0. The molecule has 116 valence electrons. The van der Waals surface area contributed by atoms with Crippen molar-refractivity contribution in [2.45, 2.75) is 26.7 Å². The minimum Gasteiger partial charge on any atom is -0.449 e. The van der Waals surface area contributed by atoms with Crippen molar-refractivity contribution in [1.29, 1.82) is 10.5 Å². The van der Waals surface area contributed by atoms with Gasteiger partial charge >= 0.3 is 6.09 Å². The van der Waals surface area contributed by atoms with Gasteiger partial charge in [0, 0.05) is 39.1 Å². The number of amides is 1. The van der Waals surface area contributed by atoms with Gasteiger partial charge in [-0.25, -0.2) is 4.79 Å². The van der Waals surface area contributed by atoms with Crippen LogP contribution in [0.5, 0.6) is 0 Å². The number of rotatable bonds is 6. The highest BCUT2D eigenvalue weighted by atomic mass is 16.6. The predicted molar refractivity (Wildman–Crippen MR) is 78.1 cm³/mol. The maximum absolute atomic E-state index is 11.8. The molecule has 1 heterocycles. The second-order valence-electron chi connectivity index (χ2n) is 5.78. The SMILES string of the molecule is CC(C)COC(=O)N1CCN(C[C@H](C#N)CCC#N)CC1. The maximum atomic E-state index is 11.8. The molecular formula is C15H24N4O2. The molecule has 0 N–H and O–H groups in total. The monoisotopic (exact) mass is 292 g/mol. The summed E-state index contributed by atoms with van der Waals surface area (Å²) in [5, 5.41) is 17.6. The van der Waals surface area contributed by atoms with E-state index in [4.69, 9.17) is 15.3 Å². The Morgan fingerprint density at radius 1 is 1.24 bits per heavy atom. The Labute approximate surface area is 126 Å². The van der Waals surface area contributed by atoms with Gasteiger partial charge in [0.15, 0.2) is 0 Å². The normalized spacial score (nSPS) is 17.1. The fourth-order valence-corrected chi connectivity index (χ4v) is 2.19. The molecule has 1 fully saturated rings. The van der Waals surface area contributed by atoms with E-state index in [-0.39, 0.29) is 12.0 Å². The molecule has 1 atom stereocenters. The average molecular weight is 292 g/mol. The van der Waals surface area contributed by atoms with Gasteiger partial charge in [0.05, 0.1) is 24.7 Å². The van der Waals surface area contributed by atoms with E-state index < -0.39 is 0 Å². The van der Waals surface area contributed by atoms with Gasteiger partial charge in [0.25, 0.3) is 0 Å². The topological polar surface area (TPSA) is 80.4 Å². The minimum atomic E-state index is -0.246. The molecule has 21 heavy (non-hydrogen) atoms. The second-order valence-corrected chi connectivity index (χ2v) is 5.78. The fourth-order valence-electron chi connectivity index (χ4n) is 2.19. The Bertz CT molecular complexity index is 403. The van der Waals surface area contributed by atoms with Crippen molar-refractivity contribution in [3.8, 4) is 12.1 Å². The highest BCUT2D eigenvalue weighted by molar-refractivity contribution is 5.67. The van der Waals surface area contributed by atoms with Crippen LogP contribution in [0.1, 0.15) is 26.7 Å². The van der Waals surface area contributed by atoms with Gasteiger partial charge in [-0.15, -0.1) is 0 Å². The van der Waals surface area contributed by atoms with Crippen molar-refractivity contribution in [1.82, 2.24) is 9.80 Å². The van der Waals surface area contributed by atoms with Crippen LogP contribution < -0.4 is 0 Å². The summed E-state index contributed by atoms with van der Waals surface area (Å²) in [6.45, 7) is 7.91. The molecule has 0 aromatic carbocycles. The molecule has 1 amide bonds. The molecule has 0 unspecified atom stereocenters. The maximum Gasteiger partial charge on any atom is 0.409 e. The van der Waals surface area contributed by atoms with Crippen molar-refractivity contribution in [2.75, 3.05) is 39.3 Å². The summed E-state index contributed by atoms with van der Waals surface area (Å²) in [6.07, 6.45) is 0.785. The summed E-state index contributed by atoms with van der Waals surface area (Å²) in [5.41, 5.74) is 0. The number of nitriles is 2. The Kier molecular flexibility index (Phi) is 7.56. The molecule has 1 aliphatic rings. The molecule has 0 bridgehead atoms. The Hall–Kier alpha value is -1.79. The minimum absolute atomic E-state index is 0.107. The van der Waals surface area contributed by atoms with E-state index in [9.17, 15) is 4.79 Å². The zero-order valence-electron chi connectivity index (χ0n) is 12.9. The molecule has 1 aliphatic heterocycles. The van der Waals surface area contributed by atoms with Gasteiger partial charge in [-0.3, -0.25) is 4.90 Å². The molecule has 0 saturated carbocycles. The summed E-state index contributed by atoms with van der Waals surface area (Å²) in [7, 11) is 0. The standard InChI is InChI=1S/C15H24N4O2/c1-13(2)12-21-15(20)19-8-6-18(7-9-19)11-14(10-17)4-3-5-16/h13-14H,3-4,6-9,11-12H2,1-2H3/t14-/m0/s1. The first-order valence-electron chi connectivity index (χ1n) is 7.47. The van der Waals surface area contributed by atoms with Crippen LogP contribution in [0, 0.1) is 34.5 Å². The average Bonchev–Trinajstić information content (AvgIpc) is 2.49. The summed E-state index contributed by atoms with van der Waals surface area (Å²) < 4.78 is 5.21. The van der Waals surface area contributed by atoms with Crippen LogP contribution in [-0.2, 0) is 4.74 Å². The molecule has 1 rings (SSSR count). The Morgan fingerprint density at radius 2 is 1.90 bits per heavy atom. The van der Waals surface area contributed by atoms with Gasteiger partial charge in [-0.1, -0.05) is 13.8 Å². The molecule has 0 aromatic rings. The first kappa shape index (κ1) is 17.3. The van der Waals surface area contributed by atoms with Crippen LogP contribution in [0.4, 0.5) is 4.79 Å². The van der Waals surface area contributed by atoms with E-state index in [1.807, 2.05) is 13.8 Å². The van der Waals surface area contributed by atoms with Crippen molar-refractivity contribution in [2.24, 2.45) is 11.8 Å². The fraction of sp³-hybridized carbons (Fsp3) is 0.800. The van der Waals surface area contributed by atoms with Crippen LogP contribution >= 0.6 is 0 Å². The second kappa shape index (κ2) is 9.20. The number of carbonyl (C=O) groups excluding carboxylic acids is 1. The summed E-state index contributed by atoms with van der Waals surface area (Å²) in [6, 6.07) is 4.33. The zero-order chi connectivity index (χ0) is 15.7. The summed E-state index contributed by atoms with van der Waals surface area (Å²) in [5.74, 6) is 0.232. The number of nitrogens with zero attached hydrogens (tertiary/aromatic N) is 4. The number of carbonyl (C=O) groups is 1. The van der Waals surface area contributed by atoms with Gasteiger partial charge in [0.2, 0.25) is 0 Å². The van der Waals surface area contributed by atoms with Crippen LogP contribution in [0.25, 0.3) is 0 Å². The Balaban J connectivity index is 2.30. The summed E-state index contributed by atoms with van der Waals surface area (Å²) in [4.78, 5) is 15.7. The number of ether oxygens (including phenoxy) is 1. The zero-order valence-corrected chi connectivity index (χ0v) is 12.9. The third-order valence-electron chi connectivity index (χ3n) is 3.44. The highest BCUT2D eigenvalue weighted by Crippen LogP contribution is 2.11. The number of hydrogen-bond donors (Lipinski definition) is 0. The van der Waals surface area contributed by atoms with E-state index in [1.165, 1.54) is 0 Å². The van der Waals surface area contributed by atoms with E-state index in [2.05, 4.69) is 17.0 Å². The van der Waals surface area contributed by atoms with Gasteiger partial charge in [-0.05, 0) is 12.3 Å². The molecule has 0 spiro atoms. The lowest BCUT2D eigenvalue weighted by Gasteiger charge is -2.34. The molecule has 6 nitrogen and oxygen atoms in total. The molecule has 1 saturated heterocycles. The van der Waals surface area contributed by atoms with Crippen LogP contribution in [0.3, 0.4) is 0 Å². The smallest absolute Gasteiger partial charge is 0.409 e. The lowest BCUT2D eigenvalue weighted by Crippen LogP contribution is -2.50. The third-order valence-corrected chi connectivity index (χ3v) is 3.44. The third kappa shape index (κ3) is 6.46. The predicted octanol–water partition coefficient (Wildman–Crippen LogP) is 1.84. The van der Waals surface area contributed by atoms with Crippen molar-refractivity contribution < 1.29 is 9.53 Å². The molecular weight excluding hydrogens is 268 g/mol. The van der Waals surface area contributed by atoms with Gasteiger partial charge in [-0.2, -0.15) is 10.5 Å². The number of piperazine rings is 1. The van der Waals surface area contributed by atoms with E-state index >= 15 is 0 Å². The van der Waals surface area contributed by atoms with E-state index in [0.29, 0.717) is 45.0 Å². The lowest BCUT2D eigenvalue weighted by molar-refractivity contribution is 0.0670. The van der Waals surface area contributed by atoms with Gasteiger partial charge < -0.3 is 9.64 Å². The largest absolute Gasteiger partial charge is 0.449 e. The first-order chi connectivity index (χ1) is 10.1. The van der Waals surface area contributed by atoms with Crippen LogP contribution in [0.15, 0.2) is 0 Å². The molecule has 0 aromatic heterocycles. The van der Waals surface area contributed by atoms with Crippen LogP contribution in [0.2, 0.25) is 0 Å². The van der Waals surface area contributed by atoms with Gasteiger partial charge in [0.1, 0.15) is 0 Å².